The Morgan fingerprint density at radius 2 is 1.73 bits per heavy atom. The molecule has 0 aliphatic heterocycles. The van der Waals surface area contributed by atoms with Crippen LogP contribution in [-0.2, 0) is 14.3 Å². The second-order valence-corrected chi connectivity index (χ2v) is 3.86. The summed E-state index contributed by atoms with van der Waals surface area (Å²) in [7, 11) is 0. The van der Waals surface area contributed by atoms with Gasteiger partial charge in [0.2, 0.25) is 5.91 Å². The molecule has 5 nitrogen and oxygen atoms in total. The van der Waals surface area contributed by atoms with Gasteiger partial charge in [0, 0.05) is 6.04 Å². The largest absolute Gasteiger partial charge is 0.462 e. The van der Waals surface area contributed by atoms with E-state index in [-0.39, 0.29) is 37.1 Å². The summed E-state index contributed by atoms with van der Waals surface area (Å²) < 4.78 is 4.88. The summed E-state index contributed by atoms with van der Waals surface area (Å²) in [5.41, 5.74) is 0. The van der Waals surface area contributed by atoms with E-state index < -0.39 is 0 Å². The molecule has 0 aliphatic carbocycles. The molecule has 0 aromatic heterocycles. The van der Waals surface area contributed by atoms with E-state index in [0.29, 0.717) is 0 Å². The average Bonchev–Trinajstić information content (AvgIpc) is 2.00. The molecule has 0 radical (unpaired) electrons. The third-order valence-electron chi connectivity index (χ3n) is 1.37. The molecule has 0 saturated heterocycles. The summed E-state index contributed by atoms with van der Waals surface area (Å²) in [5.74, 6) is -0.468. The fraction of sp³-hybridized carbons (Fsp3) is 0.800. The molecule has 5 heteroatoms. The highest BCUT2D eigenvalue weighted by Crippen LogP contribution is 1.87. The van der Waals surface area contributed by atoms with Crippen LogP contribution in [0.4, 0.5) is 0 Å². The van der Waals surface area contributed by atoms with Crippen LogP contribution in [0.3, 0.4) is 0 Å². The molecule has 0 aliphatic rings. The Morgan fingerprint density at radius 1 is 1.13 bits per heavy atom. The Hall–Kier alpha value is -1.10. The molecule has 1 amide bonds. The van der Waals surface area contributed by atoms with Gasteiger partial charge in [-0.3, -0.25) is 14.9 Å². The Morgan fingerprint density at radius 3 is 2.20 bits per heavy atom. The molecule has 0 fully saturated rings. The van der Waals surface area contributed by atoms with Crippen molar-refractivity contribution in [3.63, 3.8) is 0 Å². The van der Waals surface area contributed by atoms with Gasteiger partial charge >= 0.3 is 5.97 Å². The lowest BCUT2D eigenvalue weighted by Crippen LogP contribution is -2.39. The molecule has 0 atom stereocenters. The number of ether oxygens (including phenoxy) is 1. The van der Waals surface area contributed by atoms with Crippen LogP contribution in [0.5, 0.6) is 0 Å². The first kappa shape index (κ1) is 13.9. The number of nitrogens with one attached hydrogen (secondary N) is 2. The van der Waals surface area contributed by atoms with Crippen LogP contribution < -0.4 is 10.6 Å². The zero-order valence-corrected chi connectivity index (χ0v) is 9.79. The van der Waals surface area contributed by atoms with Crippen molar-refractivity contribution >= 4 is 11.9 Å². The highest BCUT2D eigenvalue weighted by Gasteiger charge is 2.07. The number of carbonyl (C=O) groups is 2. The van der Waals surface area contributed by atoms with Gasteiger partial charge in [0.1, 0.15) is 0 Å². The summed E-state index contributed by atoms with van der Waals surface area (Å²) >= 11 is 0. The summed E-state index contributed by atoms with van der Waals surface area (Å²) in [4.78, 5) is 22.2. The SMILES string of the molecule is CC(C)NC(=O)CNCC(=O)OC(C)C. The predicted octanol–water partition coefficient (Wildman–Crippen LogP) is 0.0522. The molecule has 88 valence electrons. The fourth-order valence-electron chi connectivity index (χ4n) is 0.956. The maximum Gasteiger partial charge on any atom is 0.320 e. The Labute approximate surface area is 90.6 Å². The van der Waals surface area contributed by atoms with Crippen LogP contribution >= 0.6 is 0 Å². The molecule has 0 saturated carbocycles. The minimum absolute atomic E-state index is 0.0592. The number of hydrogen-bond acceptors (Lipinski definition) is 4. The lowest BCUT2D eigenvalue weighted by molar-refractivity contribution is -0.146. The number of esters is 1. The van der Waals surface area contributed by atoms with E-state index in [1.807, 2.05) is 13.8 Å². The standard InChI is InChI=1S/C10H20N2O3/c1-7(2)12-9(13)5-11-6-10(14)15-8(3)4/h7-8,11H,5-6H2,1-4H3,(H,12,13). The second kappa shape index (κ2) is 7.23. The van der Waals surface area contributed by atoms with Crippen molar-refractivity contribution < 1.29 is 14.3 Å². The molecular formula is C10H20N2O3. The summed E-state index contributed by atoms with van der Waals surface area (Å²) in [6.07, 6.45) is -0.121. The van der Waals surface area contributed by atoms with Gasteiger partial charge in [-0.15, -0.1) is 0 Å². The molecular weight excluding hydrogens is 196 g/mol. The van der Waals surface area contributed by atoms with Crippen molar-refractivity contribution in [3.8, 4) is 0 Å². The third kappa shape index (κ3) is 9.21. The normalized spacial score (nSPS) is 10.5. The van der Waals surface area contributed by atoms with Gasteiger partial charge in [-0.05, 0) is 27.7 Å². The zero-order valence-electron chi connectivity index (χ0n) is 9.79. The first-order chi connectivity index (χ1) is 6.91. The number of rotatable bonds is 6. The van der Waals surface area contributed by atoms with Crippen molar-refractivity contribution in [3.05, 3.63) is 0 Å². The van der Waals surface area contributed by atoms with Crippen molar-refractivity contribution in [1.29, 1.82) is 0 Å². The summed E-state index contributed by atoms with van der Waals surface area (Å²) in [5, 5.41) is 5.41. The number of carbonyl (C=O) groups excluding carboxylic acids is 2. The highest BCUT2D eigenvalue weighted by atomic mass is 16.5. The molecule has 0 spiro atoms. The van der Waals surface area contributed by atoms with Gasteiger partial charge in [0.05, 0.1) is 19.2 Å². The molecule has 0 aromatic carbocycles. The maximum absolute atomic E-state index is 11.1. The minimum atomic E-state index is -0.345. The summed E-state index contributed by atoms with van der Waals surface area (Å²) in [6, 6.07) is 0.113. The third-order valence-corrected chi connectivity index (χ3v) is 1.37. The van der Waals surface area contributed by atoms with Crippen molar-refractivity contribution in [2.75, 3.05) is 13.1 Å². The summed E-state index contributed by atoms with van der Waals surface area (Å²) in [6.45, 7) is 7.51. The second-order valence-electron chi connectivity index (χ2n) is 3.86. The average molecular weight is 216 g/mol. The maximum atomic E-state index is 11.1. The molecule has 0 unspecified atom stereocenters. The van der Waals surface area contributed by atoms with Gasteiger partial charge in [-0.2, -0.15) is 0 Å². The van der Waals surface area contributed by atoms with E-state index in [1.165, 1.54) is 0 Å². The van der Waals surface area contributed by atoms with Crippen LogP contribution in [0.25, 0.3) is 0 Å². The molecule has 0 rings (SSSR count). The smallest absolute Gasteiger partial charge is 0.320 e. The highest BCUT2D eigenvalue weighted by molar-refractivity contribution is 5.79. The number of amides is 1. The van der Waals surface area contributed by atoms with Crippen molar-refractivity contribution in [1.82, 2.24) is 10.6 Å². The first-order valence-corrected chi connectivity index (χ1v) is 5.11. The van der Waals surface area contributed by atoms with Crippen molar-refractivity contribution in [2.45, 2.75) is 39.8 Å². The minimum Gasteiger partial charge on any atom is -0.462 e. The molecule has 2 N–H and O–H groups in total. The topological polar surface area (TPSA) is 67.4 Å². The Bertz CT molecular complexity index is 193. The van der Waals surface area contributed by atoms with E-state index in [1.54, 1.807) is 13.8 Å². The lowest BCUT2D eigenvalue weighted by Gasteiger charge is -2.10. The lowest BCUT2D eigenvalue weighted by atomic mass is 10.4. The first-order valence-electron chi connectivity index (χ1n) is 5.11. The van der Waals surface area contributed by atoms with E-state index >= 15 is 0 Å². The van der Waals surface area contributed by atoms with E-state index in [2.05, 4.69) is 10.6 Å². The van der Waals surface area contributed by atoms with Crippen molar-refractivity contribution in [2.24, 2.45) is 0 Å². The predicted molar refractivity (Wildman–Crippen MR) is 57.4 cm³/mol. The van der Waals surface area contributed by atoms with Gasteiger partial charge in [0.15, 0.2) is 0 Å². The van der Waals surface area contributed by atoms with E-state index in [4.69, 9.17) is 4.74 Å². The van der Waals surface area contributed by atoms with E-state index in [0.717, 1.165) is 0 Å². The van der Waals surface area contributed by atoms with Crippen LogP contribution in [0, 0.1) is 0 Å². The van der Waals surface area contributed by atoms with Gasteiger partial charge < -0.3 is 10.1 Å². The molecule has 0 aromatic rings. The van der Waals surface area contributed by atoms with Crippen LogP contribution in [0.2, 0.25) is 0 Å². The van der Waals surface area contributed by atoms with Crippen LogP contribution in [0.1, 0.15) is 27.7 Å². The number of hydrogen-bond donors (Lipinski definition) is 2. The molecule has 0 bridgehead atoms. The fourth-order valence-corrected chi connectivity index (χ4v) is 0.956. The van der Waals surface area contributed by atoms with Gasteiger partial charge in [-0.25, -0.2) is 0 Å². The monoisotopic (exact) mass is 216 g/mol. The molecule has 0 heterocycles. The van der Waals surface area contributed by atoms with E-state index in [9.17, 15) is 9.59 Å². The Kier molecular flexibility index (Phi) is 6.70. The van der Waals surface area contributed by atoms with Crippen LogP contribution in [-0.4, -0.2) is 37.1 Å². The van der Waals surface area contributed by atoms with Gasteiger partial charge in [0.25, 0.3) is 0 Å². The quantitative estimate of drug-likeness (QED) is 0.616. The zero-order chi connectivity index (χ0) is 11.8. The molecule has 15 heavy (non-hydrogen) atoms. The Balaban J connectivity index is 3.53. The van der Waals surface area contributed by atoms with Gasteiger partial charge in [-0.1, -0.05) is 0 Å². The van der Waals surface area contributed by atoms with Crippen LogP contribution in [0.15, 0.2) is 0 Å².